The summed E-state index contributed by atoms with van der Waals surface area (Å²) in [6.07, 6.45) is 2.94. The molecular weight excluding hydrogens is 104 g/mol. The van der Waals surface area contributed by atoms with E-state index in [-0.39, 0.29) is 0 Å². The maximum atomic E-state index is 5.10. The molecule has 0 amide bonds. The molecule has 0 unspecified atom stereocenters. The Morgan fingerprint density at radius 1 is 1.75 bits per heavy atom. The van der Waals surface area contributed by atoms with Gasteiger partial charge in [-0.15, -0.1) is 0 Å². The lowest BCUT2D eigenvalue weighted by atomic mass is 10.4. The van der Waals surface area contributed by atoms with Crippen molar-refractivity contribution in [3.8, 4) is 0 Å². The maximum Gasteiger partial charge on any atom is 0.223 e. The molecule has 1 fully saturated rings. The molecule has 0 spiro atoms. The minimum Gasteiger partial charge on any atom is -0.346 e. The van der Waals surface area contributed by atoms with Crippen LogP contribution in [0, 0.1) is 6.29 Å². The minimum absolute atomic E-state index is 0.731. The van der Waals surface area contributed by atoms with Crippen LogP contribution in [0.3, 0.4) is 0 Å². The molecule has 1 radical (unpaired) electrons. The van der Waals surface area contributed by atoms with E-state index in [1.54, 1.807) is 0 Å². The second kappa shape index (κ2) is 3.05. The van der Waals surface area contributed by atoms with E-state index in [2.05, 4.69) is 0 Å². The Morgan fingerprint density at radius 2 is 2.62 bits per heavy atom. The molecule has 0 N–H and O–H groups in total. The van der Waals surface area contributed by atoms with Gasteiger partial charge in [-0.05, 0) is 13.3 Å². The quantitative estimate of drug-likeness (QED) is 0.540. The van der Waals surface area contributed by atoms with E-state index >= 15 is 0 Å². The van der Waals surface area contributed by atoms with Crippen molar-refractivity contribution in [2.75, 3.05) is 13.2 Å². The van der Waals surface area contributed by atoms with Gasteiger partial charge in [-0.3, -0.25) is 0 Å². The number of ether oxygens (including phenoxy) is 2. The highest BCUT2D eigenvalue weighted by Gasteiger charge is 2.16. The minimum atomic E-state index is 0.731. The number of rotatable bonds is 2. The third-order valence-electron chi connectivity index (χ3n) is 1.09. The van der Waals surface area contributed by atoms with Crippen molar-refractivity contribution in [2.24, 2.45) is 0 Å². The van der Waals surface area contributed by atoms with Crippen molar-refractivity contribution in [2.45, 2.75) is 19.8 Å². The molecule has 1 aliphatic heterocycles. The first-order valence-electron chi connectivity index (χ1n) is 3.05. The fraction of sp³-hybridized carbons (Fsp3) is 0.833. The smallest absolute Gasteiger partial charge is 0.223 e. The van der Waals surface area contributed by atoms with Gasteiger partial charge in [0.25, 0.3) is 0 Å². The Kier molecular flexibility index (Phi) is 2.30. The Labute approximate surface area is 49.8 Å². The largest absolute Gasteiger partial charge is 0.346 e. The van der Waals surface area contributed by atoms with Crippen LogP contribution in [0.2, 0.25) is 0 Å². The molecular formula is C6H11O2. The lowest BCUT2D eigenvalue weighted by Crippen LogP contribution is -1.99. The third kappa shape index (κ3) is 1.46. The summed E-state index contributed by atoms with van der Waals surface area (Å²) in [6.45, 7) is 3.54. The van der Waals surface area contributed by atoms with Gasteiger partial charge >= 0.3 is 0 Å². The van der Waals surface area contributed by atoms with E-state index in [1.165, 1.54) is 0 Å². The number of hydrogen-bond donors (Lipinski definition) is 0. The molecule has 0 bridgehead atoms. The highest BCUT2D eigenvalue weighted by molar-refractivity contribution is 4.70. The van der Waals surface area contributed by atoms with Crippen LogP contribution in [0.1, 0.15) is 19.8 Å². The van der Waals surface area contributed by atoms with Gasteiger partial charge in [-0.2, -0.15) is 0 Å². The average molecular weight is 115 g/mol. The summed E-state index contributed by atoms with van der Waals surface area (Å²) in [4.78, 5) is 0. The van der Waals surface area contributed by atoms with Crippen LogP contribution in [0.25, 0.3) is 0 Å². The van der Waals surface area contributed by atoms with Gasteiger partial charge in [-0.25, -0.2) is 0 Å². The summed E-state index contributed by atoms with van der Waals surface area (Å²) in [5.74, 6) is 0. The molecule has 1 rings (SSSR count). The predicted molar refractivity (Wildman–Crippen MR) is 30.1 cm³/mol. The Morgan fingerprint density at radius 3 is 3.12 bits per heavy atom. The monoisotopic (exact) mass is 115 g/mol. The van der Waals surface area contributed by atoms with Crippen LogP contribution in [0.4, 0.5) is 0 Å². The first kappa shape index (κ1) is 6.05. The molecule has 0 aliphatic carbocycles. The molecule has 0 atom stereocenters. The Hall–Kier alpha value is -0.0800. The van der Waals surface area contributed by atoms with Gasteiger partial charge in [0.1, 0.15) is 0 Å². The van der Waals surface area contributed by atoms with E-state index in [0.717, 1.165) is 32.3 Å². The Bertz CT molecular complexity index is 57.5. The van der Waals surface area contributed by atoms with Gasteiger partial charge in [0, 0.05) is 13.0 Å². The van der Waals surface area contributed by atoms with Crippen molar-refractivity contribution in [1.29, 1.82) is 0 Å². The predicted octanol–water partition coefficient (Wildman–Crippen LogP) is 1.32. The normalized spacial score (nSPS) is 22.1. The summed E-state index contributed by atoms with van der Waals surface area (Å²) in [7, 11) is 0. The second-order valence-electron chi connectivity index (χ2n) is 1.76. The molecule has 8 heavy (non-hydrogen) atoms. The second-order valence-corrected chi connectivity index (χ2v) is 1.76. The van der Waals surface area contributed by atoms with Crippen LogP contribution in [0.15, 0.2) is 0 Å². The molecule has 2 nitrogen and oxygen atoms in total. The lowest BCUT2D eigenvalue weighted by molar-refractivity contribution is -0.00941. The molecule has 47 valence electrons. The average Bonchev–Trinajstić information content (AvgIpc) is 2.19. The zero-order valence-corrected chi connectivity index (χ0v) is 5.14. The van der Waals surface area contributed by atoms with E-state index in [4.69, 9.17) is 9.47 Å². The van der Waals surface area contributed by atoms with Crippen molar-refractivity contribution in [3.05, 3.63) is 6.29 Å². The van der Waals surface area contributed by atoms with Crippen molar-refractivity contribution in [1.82, 2.24) is 0 Å². The summed E-state index contributed by atoms with van der Waals surface area (Å²) in [5.41, 5.74) is 0. The standard InChI is InChI=1S/C6H11O2/c1-2-7-6-4-3-5-8-6/h2-5H2,1H3. The molecule has 1 aliphatic rings. The molecule has 0 aromatic carbocycles. The van der Waals surface area contributed by atoms with Crippen LogP contribution >= 0.6 is 0 Å². The summed E-state index contributed by atoms with van der Waals surface area (Å²) in [6, 6.07) is 0. The van der Waals surface area contributed by atoms with Crippen LogP contribution in [-0.4, -0.2) is 13.2 Å². The molecule has 0 saturated carbocycles. The molecule has 0 aromatic heterocycles. The van der Waals surface area contributed by atoms with Gasteiger partial charge in [0.05, 0.1) is 6.61 Å². The fourth-order valence-corrected chi connectivity index (χ4v) is 0.750. The maximum absolute atomic E-state index is 5.10. The first-order valence-corrected chi connectivity index (χ1v) is 3.05. The first-order chi connectivity index (χ1) is 3.93. The van der Waals surface area contributed by atoms with Crippen molar-refractivity contribution < 1.29 is 9.47 Å². The van der Waals surface area contributed by atoms with Gasteiger partial charge in [-0.1, -0.05) is 0 Å². The molecule has 1 heterocycles. The highest BCUT2D eigenvalue weighted by Crippen LogP contribution is 2.19. The number of hydrogen-bond acceptors (Lipinski definition) is 2. The van der Waals surface area contributed by atoms with E-state index in [0.29, 0.717) is 0 Å². The zero-order chi connectivity index (χ0) is 5.82. The van der Waals surface area contributed by atoms with Crippen molar-refractivity contribution >= 4 is 0 Å². The highest BCUT2D eigenvalue weighted by atomic mass is 16.7. The van der Waals surface area contributed by atoms with Gasteiger partial charge in [0.2, 0.25) is 6.29 Å². The lowest BCUT2D eigenvalue weighted by Gasteiger charge is -2.04. The topological polar surface area (TPSA) is 18.5 Å². The summed E-state index contributed by atoms with van der Waals surface area (Å²) < 4.78 is 10.2. The van der Waals surface area contributed by atoms with Gasteiger partial charge in [0.15, 0.2) is 0 Å². The van der Waals surface area contributed by atoms with E-state index in [9.17, 15) is 0 Å². The fourth-order valence-electron chi connectivity index (χ4n) is 0.750. The Balaban J connectivity index is 2.06. The van der Waals surface area contributed by atoms with Crippen LogP contribution in [0.5, 0.6) is 0 Å². The van der Waals surface area contributed by atoms with Crippen molar-refractivity contribution in [3.63, 3.8) is 0 Å². The summed E-state index contributed by atoms with van der Waals surface area (Å²) in [5, 5.41) is 0. The van der Waals surface area contributed by atoms with Gasteiger partial charge < -0.3 is 9.47 Å². The van der Waals surface area contributed by atoms with E-state index < -0.39 is 0 Å². The van der Waals surface area contributed by atoms with Crippen LogP contribution in [-0.2, 0) is 9.47 Å². The van der Waals surface area contributed by atoms with Crippen LogP contribution < -0.4 is 0 Å². The molecule has 2 heteroatoms. The molecule has 0 aromatic rings. The van der Waals surface area contributed by atoms with E-state index in [1.807, 2.05) is 6.92 Å². The summed E-state index contributed by atoms with van der Waals surface area (Å²) >= 11 is 0. The zero-order valence-electron chi connectivity index (χ0n) is 5.14. The molecule has 1 saturated heterocycles. The third-order valence-corrected chi connectivity index (χ3v) is 1.09. The SMILES string of the molecule is CCO[C]1CCCO1.